The van der Waals surface area contributed by atoms with E-state index in [1.807, 2.05) is 18.9 Å². The van der Waals surface area contributed by atoms with Crippen molar-refractivity contribution in [1.29, 1.82) is 0 Å². The summed E-state index contributed by atoms with van der Waals surface area (Å²) in [6.07, 6.45) is 1.61. The van der Waals surface area contributed by atoms with Gasteiger partial charge in [-0.1, -0.05) is 0 Å². The molecule has 1 aliphatic rings. The van der Waals surface area contributed by atoms with Crippen LogP contribution in [-0.2, 0) is 4.79 Å². The van der Waals surface area contributed by atoms with Gasteiger partial charge in [0.25, 0.3) is 0 Å². The van der Waals surface area contributed by atoms with Crippen LogP contribution >= 0.6 is 0 Å². The molecule has 0 saturated carbocycles. The van der Waals surface area contributed by atoms with E-state index in [0.29, 0.717) is 6.42 Å². The Bertz CT molecular complexity index is 182. The van der Waals surface area contributed by atoms with Crippen LogP contribution in [-0.4, -0.2) is 41.6 Å². The average molecular weight is 185 g/mol. The number of nitrogens with zero attached hydrogens (tertiary/aromatic N) is 2. The molecule has 0 aromatic rings. The summed E-state index contributed by atoms with van der Waals surface area (Å²) in [7, 11) is 0. The average Bonchev–Trinajstić information content (AvgIpc) is 2.42. The van der Waals surface area contributed by atoms with Crippen molar-refractivity contribution in [3.8, 4) is 0 Å². The van der Waals surface area contributed by atoms with Crippen molar-refractivity contribution in [3.05, 3.63) is 0 Å². The van der Waals surface area contributed by atoms with Gasteiger partial charge in [-0.15, -0.1) is 0 Å². The Balaban J connectivity index is 2.37. The lowest BCUT2D eigenvalue weighted by Crippen LogP contribution is -2.40. The number of rotatable bonds is 4. The van der Waals surface area contributed by atoms with Crippen LogP contribution in [0.25, 0.3) is 0 Å². The number of amides is 1. The highest BCUT2D eigenvalue weighted by Crippen LogP contribution is 2.11. The zero-order chi connectivity index (χ0) is 9.84. The predicted octanol–water partition coefficient (Wildman–Crippen LogP) is 0.193. The van der Waals surface area contributed by atoms with Gasteiger partial charge in [-0.25, -0.2) is 5.01 Å². The van der Waals surface area contributed by atoms with Crippen LogP contribution in [0.2, 0.25) is 0 Å². The van der Waals surface area contributed by atoms with Crippen LogP contribution in [0.4, 0.5) is 0 Å². The molecule has 1 aliphatic heterocycles. The minimum absolute atomic E-state index is 0.217. The van der Waals surface area contributed by atoms with E-state index in [-0.39, 0.29) is 11.9 Å². The third-order valence-corrected chi connectivity index (χ3v) is 2.36. The lowest BCUT2D eigenvalue weighted by atomic mass is 10.2. The van der Waals surface area contributed by atoms with E-state index >= 15 is 0 Å². The molecule has 1 rings (SSSR count). The summed E-state index contributed by atoms with van der Waals surface area (Å²) in [5.74, 6) is 0.243. The van der Waals surface area contributed by atoms with Crippen molar-refractivity contribution < 1.29 is 4.79 Å². The Hall–Kier alpha value is -0.610. The number of nitrogens with two attached hydrogens (primary N) is 1. The molecule has 76 valence electrons. The molecule has 1 unspecified atom stereocenters. The summed E-state index contributed by atoms with van der Waals surface area (Å²) >= 11 is 0. The maximum atomic E-state index is 11.3. The Morgan fingerprint density at radius 1 is 1.62 bits per heavy atom. The number of hydrogen-bond acceptors (Lipinski definition) is 3. The highest BCUT2D eigenvalue weighted by Gasteiger charge is 2.26. The second kappa shape index (κ2) is 4.58. The lowest BCUT2D eigenvalue weighted by molar-refractivity contribution is -0.137. The van der Waals surface area contributed by atoms with Crippen molar-refractivity contribution in [2.45, 2.75) is 32.7 Å². The summed E-state index contributed by atoms with van der Waals surface area (Å²) in [5, 5.41) is 3.92. The van der Waals surface area contributed by atoms with Gasteiger partial charge in [-0.05, 0) is 20.3 Å². The van der Waals surface area contributed by atoms with Gasteiger partial charge in [-0.2, -0.15) is 0 Å². The van der Waals surface area contributed by atoms with Crippen molar-refractivity contribution in [3.63, 3.8) is 0 Å². The van der Waals surface area contributed by atoms with Crippen molar-refractivity contribution in [2.24, 2.45) is 5.73 Å². The second-order valence-corrected chi connectivity index (χ2v) is 3.58. The second-order valence-electron chi connectivity index (χ2n) is 3.58. The summed E-state index contributed by atoms with van der Waals surface area (Å²) in [6.45, 7) is 6.53. The van der Waals surface area contributed by atoms with Crippen molar-refractivity contribution in [1.82, 2.24) is 10.0 Å². The highest BCUT2D eigenvalue weighted by molar-refractivity contribution is 5.77. The minimum Gasteiger partial charge on any atom is -0.328 e. The zero-order valence-corrected chi connectivity index (χ0v) is 8.49. The first kappa shape index (κ1) is 10.5. The highest BCUT2D eigenvalue weighted by atomic mass is 16.2. The quantitative estimate of drug-likeness (QED) is 0.680. The molecule has 0 aromatic heterocycles. The molecule has 1 fully saturated rings. The number of hydrogen-bond donors (Lipinski definition) is 1. The monoisotopic (exact) mass is 185 g/mol. The van der Waals surface area contributed by atoms with Gasteiger partial charge in [-0.3, -0.25) is 9.80 Å². The summed E-state index contributed by atoms with van der Waals surface area (Å²) < 4.78 is 0. The largest absolute Gasteiger partial charge is 0.328 e. The lowest BCUT2D eigenvalue weighted by Gasteiger charge is -2.27. The van der Waals surface area contributed by atoms with E-state index in [2.05, 4.69) is 5.01 Å². The van der Waals surface area contributed by atoms with E-state index < -0.39 is 0 Å². The third-order valence-electron chi connectivity index (χ3n) is 2.36. The third kappa shape index (κ3) is 2.67. The van der Waals surface area contributed by atoms with Crippen LogP contribution in [0.1, 0.15) is 26.7 Å². The van der Waals surface area contributed by atoms with E-state index in [0.717, 1.165) is 26.1 Å². The Labute approximate surface area is 79.6 Å². The molecule has 0 aromatic carbocycles. The van der Waals surface area contributed by atoms with Crippen LogP contribution in [0.3, 0.4) is 0 Å². The maximum absolute atomic E-state index is 11.3. The molecule has 4 nitrogen and oxygen atoms in total. The number of hydrazine groups is 1. The van der Waals surface area contributed by atoms with Gasteiger partial charge in [0.15, 0.2) is 0 Å². The van der Waals surface area contributed by atoms with E-state index in [9.17, 15) is 4.79 Å². The molecular weight excluding hydrogens is 166 g/mol. The van der Waals surface area contributed by atoms with Crippen LogP contribution in [0.5, 0.6) is 0 Å². The smallest absolute Gasteiger partial charge is 0.238 e. The summed E-state index contributed by atoms with van der Waals surface area (Å²) in [4.78, 5) is 11.3. The molecule has 0 aliphatic carbocycles. The van der Waals surface area contributed by atoms with Crippen LogP contribution in [0, 0.1) is 0 Å². The Morgan fingerprint density at radius 2 is 2.31 bits per heavy atom. The SMILES string of the molecule is CCN1C(=O)CCN1CCC(C)N. The molecule has 1 heterocycles. The first-order valence-electron chi connectivity index (χ1n) is 4.96. The van der Waals surface area contributed by atoms with Gasteiger partial charge >= 0.3 is 0 Å². The molecule has 4 heteroatoms. The van der Waals surface area contributed by atoms with E-state index in [4.69, 9.17) is 5.73 Å². The Kier molecular flexibility index (Phi) is 3.69. The molecule has 1 amide bonds. The molecule has 0 bridgehead atoms. The molecule has 13 heavy (non-hydrogen) atoms. The number of carbonyl (C=O) groups excluding carboxylic acids is 1. The molecule has 2 N–H and O–H groups in total. The molecule has 1 saturated heterocycles. The van der Waals surface area contributed by atoms with Crippen LogP contribution < -0.4 is 5.73 Å². The van der Waals surface area contributed by atoms with Gasteiger partial charge < -0.3 is 5.73 Å². The van der Waals surface area contributed by atoms with Crippen molar-refractivity contribution >= 4 is 5.91 Å². The van der Waals surface area contributed by atoms with E-state index in [1.165, 1.54) is 0 Å². The Morgan fingerprint density at radius 3 is 2.85 bits per heavy atom. The van der Waals surface area contributed by atoms with Gasteiger partial charge in [0, 0.05) is 32.1 Å². The van der Waals surface area contributed by atoms with E-state index in [1.54, 1.807) is 0 Å². The normalized spacial score (nSPS) is 21.2. The zero-order valence-electron chi connectivity index (χ0n) is 8.49. The molecular formula is C9H19N3O. The fourth-order valence-corrected chi connectivity index (χ4v) is 1.59. The standard InChI is InChI=1S/C9H19N3O/c1-3-12-9(13)5-7-11(12)6-4-8(2)10/h8H,3-7,10H2,1-2H3. The fraction of sp³-hybridized carbons (Fsp3) is 0.889. The van der Waals surface area contributed by atoms with Gasteiger partial charge in [0.05, 0.1) is 0 Å². The van der Waals surface area contributed by atoms with Gasteiger partial charge in [0.1, 0.15) is 0 Å². The van der Waals surface area contributed by atoms with Gasteiger partial charge in [0.2, 0.25) is 5.91 Å². The van der Waals surface area contributed by atoms with Crippen LogP contribution in [0.15, 0.2) is 0 Å². The first-order valence-corrected chi connectivity index (χ1v) is 4.96. The molecule has 1 atom stereocenters. The maximum Gasteiger partial charge on any atom is 0.238 e. The molecule has 0 spiro atoms. The fourth-order valence-electron chi connectivity index (χ4n) is 1.59. The number of carbonyl (C=O) groups is 1. The first-order chi connectivity index (χ1) is 6.15. The molecule has 0 radical (unpaired) electrons. The predicted molar refractivity (Wildman–Crippen MR) is 51.8 cm³/mol. The topological polar surface area (TPSA) is 49.6 Å². The summed E-state index contributed by atoms with van der Waals surface area (Å²) in [5.41, 5.74) is 5.66. The van der Waals surface area contributed by atoms with Crippen molar-refractivity contribution in [2.75, 3.05) is 19.6 Å². The summed E-state index contributed by atoms with van der Waals surface area (Å²) in [6, 6.07) is 0.217. The minimum atomic E-state index is 0.217.